The molecule has 94 valence electrons. The number of carbonyl (C=O) groups excluding carboxylic acids is 1. The Hall–Kier alpha value is -1.69. The quantitative estimate of drug-likeness (QED) is 0.482. The van der Waals surface area contributed by atoms with Crippen LogP contribution in [0.5, 0.6) is 5.75 Å². The number of hydrogen-bond acceptors (Lipinski definition) is 3. The van der Waals surface area contributed by atoms with E-state index in [1.165, 1.54) is 17.6 Å². The van der Waals surface area contributed by atoms with Crippen LogP contribution in [0.2, 0.25) is 0 Å². The first-order valence-electron chi connectivity index (χ1n) is 5.04. The zero-order valence-corrected chi connectivity index (χ0v) is 9.54. The number of halogens is 2. The molecule has 1 rings (SSSR count). The second-order valence-electron chi connectivity index (χ2n) is 3.82. The van der Waals surface area contributed by atoms with E-state index in [9.17, 15) is 13.6 Å². The van der Waals surface area contributed by atoms with Gasteiger partial charge in [-0.3, -0.25) is 10.2 Å². The number of hydrogen-bond donors (Lipinski definition) is 2. The molecule has 0 bridgehead atoms. The van der Waals surface area contributed by atoms with E-state index in [0.717, 1.165) is 5.56 Å². The molecule has 1 amide bonds. The highest BCUT2D eigenvalue weighted by atomic mass is 19.3. The molecule has 0 saturated heterocycles. The van der Waals surface area contributed by atoms with Crippen molar-refractivity contribution in [3.8, 4) is 5.75 Å². The van der Waals surface area contributed by atoms with E-state index < -0.39 is 12.0 Å². The van der Waals surface area contributed by atoms with Gasteiger partial charge in [-0.2, -0.15) is 8.78 Å². The minimum atomic E-state index is -3.98. The zero-order chi connectivity index (χ0) is 13.1. The predicted octanol–water partition coefficient (Wildman–Crippen LogP) is 1.77. The number of ether oxygens (including phenoxy) is 1. The molecule has 0 atom stereocenters. The Morgan fingerprint density at radius 3 is 2.29 bits per heavy atom. The third kappa shape index (κ3) is 3.39. The van der Waals surface area contributed by atoms with Crippen LogP contribution in [0.1, 0.15) is 25.3 Å². The molecule has 0 aromatic heterocycles. The summed E-state index contributed by atoms with van der Waals surface area (Å²) in [6.07, 6.45) is -3.98. The van der Waals surface area contributed by atoms with Crippen LogP contribution in [0.25, 0.3) is 0 Å². The lowest BCUT2D eigenvalue weighted by Gasteiger charge is -2.16. The van der Waals surface area contributed by atoms with Crippen molar-refractivity contribution in [2.75, 3.05) is 0 Å². The zero-order valence-electron chi connectivity index (χ0n) is 9.54. The summed E-state index contributed by atoms with van der Waals surface area (Å²) in [5.74, 6) is 3.12. The summed E-state index contributed by atoms with van der Waals surface area (Å²) in [5, 5.41) is 0. The molecule has 3 N–H and O–H groups in total. The first-order chi connectivity index (χ1) is 7.86. The second kappa shape index (κ2) is 5.09. The Kier molecular flexibility index (Phi) is 4.01. The third-order valence-corrected chi connectivity index (χ3v) is 2.19. The molecule has 1 aromatic rings. The number of alkyl halides is 2. The average Bonchev–Trinajstić information content (AvgIpc) is 2.28. The van der Waals surface area contributed by atoms with Crippen molar-refractivity contribution in [3.63, 3.8) is 0 Å². The Morgan fingerprint density at radius 1 is 1.35 bits per heavy atom. The molecule has 0 unspecified atom stereocenters. The Balaban J connectivity index is 2.79. The Morgan fingerprint density at radius 2 is 1.88 bits per heavy atom. The first kappa shape index (κ1) is 13.4. The van der Waals surface area contributed by atoms with Gasteiger partial charge in [0, 0.05) is 0 Å². The molecular weight excluding hydrogens is 230 g/mol. The predicted molar refractivity (Wildman–Crippen MR) is 58.4 cm³/mol. The molecular formula is C11H14F2N2O2. The van der Waals surface area contributed by atoms with Gasteiger partial charge in [0.15, 0.2) is 0 Å². The SMILES string of the molecule is CC(C)c1ccc(OC(F)(F)C(=O)NN)cc1. The van der Waals surface area contributed by atoms with Gasteiger partial charge in [0.1, 0.15) is 5.75 Å². The van der Waals surface area contributed by atoms with Gasteiger partial charge < -0.3 is 4.74 Å². The summed E-state index contributed by atoms with van der Waals surface area (Å²) in [7, 11) is 0. The number of rotatable bonds is 4. The van der Waals surface area contributed by atoms with Crippen molar-refractivity contribution >= 4 is 5.91 Å². The van der Waals surface area contributed by atoms with E-state index in [-0.39, 0.29) is 11.7 Å². The van der Waals surface area contributed by atoms with Crippen LogP contribution in [0.4, 0.5) is 8.78 Å². The lowest BCUT2D eigenvalue weighted by atomic mass is 10.0. The highest BCUT2D eigenvalue weighted by Gasteiger charge is 2.41. The van der Waals surface area contributed by atoms with Crippen LogP contribution in [-0.2, 0) is 4.79 Å². The smallest absolute Gasteiger partial charge is 0.425 e. The molecule has 1 aromatic carbocycles. The number of hydrazine groups is 1. The van der Waals surface area contributed by atoms with Crippen LogP contribution in [-0.4, -0.2) is 12.0 Å². The van der Waals surface area contributed by atoms with E-state index in [2.05, 4.69) is 10.6 Å². The molecule has 0 spiro atoms. The molecule has 0 aliphatic carbocycles. The summed E-state index contributed by atoms with van der Waals surface area (Å²) < 4.78 is 30.4. The molecule has 17 heavy (non-hydrogen) atoms. The van der Waals surface area contributed by atoms with Crippen LogP contribution in [0, 0.1) is 0 Å². The minimum absolute atomic E-state index is 0.0944. The topological polar surface area (TPSA) is 64.3 Å². The van der Waals surface area contributed by atoms with Gasteiger partial charge >= 0.3 is 12.0 Å². The molecule has 0 heterocycles. The van der Waals surface area contributed by atoms with Crippen molar-refractivity contribution < 1.29 is 18.3 Å². The van der Waals surface area contributed by atoms with E-state index in [1.54, 1.807) is 12.1 Å². The number of nitrogens with two attached hydrogens (primary N) is 1. The molecule has 6 heteroatoms. The fourth-order valence-electron chi connectivity index (χ4n) is 1.20. The maximum atomic E-state index is 13.0. The minimum Gasteiger partial charge on any atom is -0.425 e. The summed E-state index contributed by atoms with van der Waals surface area (Å²) >= 11 is 0. The van der Waals surface area contributed by atoms with Gasteiger partial charge in [0.25, 0.3) is 0 Å². The number of benzene rings is 1. The maximum Gasteiger partial charge on any atom is 0.483 e. The van der Waals surface area contributed by atoms with Crippen LogP contribution < -0.4 is 16.0 Å². The summed E-state index contributed by atoms with van der Waals surface area (Å²) in [5.41, 5.74) is 2.33. The van der Waals surface area contributed by atoms with Crippen molar-refractivity contribution in [2.24, 2.45) is 5.84 Å². The number of amides is 1. The highest BCUT2D eigenvalue weighted by molar-refractivity contribution is 5.81. The van der Waals surface area contributed by atoms with Crippen molar-refractivity contribution in [3.05, 3.63) is 29.8 Å². The molecule has 0 radical (unpaired) electrons. The molecule has 0 aliphatic rings. The second-order valence-corrected chi connectivity index (χ2v) is 3.82. The Bertz CT molecular complexity index is 391. The molecule has 0 saturated carbocycles. The van der Waals surface area contributed by atoms with Gasteiger partial charge in [0.2, 0.25) is 0 Å². The lowest BCUT2D eigenvalue weighted by Crippen LogP contribution is -2.47. The van der Waals surface area contributed by atoms with E-state index in [0.29, 0.717) is 0 Å². The van der Waals surface area contributed by atoms with Gasteiger partial charge in [-0.25, -0.2) is 5.84 Å². The van der Waals surface area contributed by atoms with E-state index >= 15 is 0 Å². The highest BCUT2D eigenvalue weighted by Crippen LogP contribution is 2.24. The normalized spacial score (nSPS) is 11.4. The molecule has 0 aliphatic heterocycles. The summed E-state index contributed by atoms with van der Waals surface area (Å²) in [4.78, 5) is 10.7. The third-order valence-electron chi connectivity index (χ3n) is 2.19. The lowest BCUT2D eigenvalue weighted by molar-refractivity contribution is -0.192. The fourth-order valence-corrected chi connectivity index (χ4v) is 1.20. The van der Waals surface area contributed by atoms with E-state index in [1.807, 2.05) is 13.8 Å². The summed E-state index contributed by atoms with van der Waals surface area (Å²) in [6, 6.07) is 6.09. The van der Waals surface area contributed by atoms with Crippen molar-refractivity contribution in [2.45, 2.75) is 25.9 Å². The van der Waals surface area contributed by atoms with Crippen LogP contribution in [0.15, 0.2) is 24.3 Å². The fraction of sp³-hybridized carbons (Fsp3) is 0.364. The standard InChI is InChI=1S/C11H14F2N2O2/c1-7(2)8-3-5-9(6-4-8)17-11(12,13)10(16)15-14/h3-7H,14H2,1-2H3,(H,15,16). The average molecular weight is 244 g/mol. The first-order valence-corrected chi connectivity index (χ1v) is 5.04. The van der Waals surface area contributed by atoms with Gasteiger partial charge in [-0.1, -0.05) is 26.0 Å². The Labute approximate surface area is 97.7 Å². The van der Waals surface area contributed by atoms with Crippen molar-refractivity contribution in [1.29, 1.82) is 0 Å². The van der Waals surface area contributed by atoms with Crippen LogP contribution in [0.3, 0.4) is 0 Å². The van der Waals surface area contributed by atoms with Gasteiger partial charge in [-0.05, 0) is 23.6 Å². The van der Waals surface area contributed by atoms with Gasteiger partial charge in [-0.15, -0.1) is 0 Å². The molecule has 0 fully saturated rings. The monoisotopic (exact) mass is 244 g/mol. The summed E-state index contributed by atoms with van der Waals surface area (Å²) in [6.45, 7) is 3.96. The van der Waals surface area contributed by atoms with Crippen molar-refractivity contribution in [1.82, 2.24) is 5.43 Å². The van der Waals surface area contributed by atoms with Gasteiger partial charge in [0.05, 0.1) is 0 Å². The van der Waals surface area contributed by atoms with E-state index in [4.69, 9.17) is 0 Å². The molecule has 4 nitrogen and oxygen atoms in total. The largest absolute Gasteiger partial charge is 0.483 e. The van der Waals surface area contributed by atoms with Crippen LogP contribution >= 0.6 is 0 Å². The number of nitrogens with one attached hydrogen (secondary N) is 1. The number of carbonyl (C=O) groups is 1. The maximum absolute atomic E-state index is 13.0.